The van der Waals surface area contributed by atoms with Crippen LogP contribution < -0.4 is 0 Å². The zero-order valence-electron chi connectivity index (χ0n) is 11.1. The van der Waals surface area contributed by atoms with Gasteiger partial charge in [0.1, 0.15) is 0 Å². The van der Waals surface area contributed by atoms with E-state index in [4.69, 9.17) is 5.11 Å². The minimum atomic E-state index is -0.718. The fraction of sp³-hybridized carbons (Fsp3) is 0.857. The van der Waals surface area contributed by atoms with E-state index in [1.807, 2.05) is 11.8 Å². The molecule has 102 valence electrons. The van der Waals surface area contributed by atoms with Crippen LogP contribution in [-0.2, 0) is 9.59 Å². The first kappa shape index (κ1) is 13.4. The van der Waals surface area contributed by atoms with Crippen molar-refractivity contribution in [2.75, 3.05) is 13.1 Å². The molecule has 1 amide bonds. The third-order valence-corrected chi connectivity index (χ3v) is 4.57. The van der Waals surface area contributed by atoms with Gasteiger partial charge in [0.05, 0.1) is 5.92 Å². The third kappa shape index (κ3) is 3.03. The minimum absolute atomic E-state index is 0.0731. The number of likely N-dealkylation sites (tertiary alicyclic amines) is 1. The molecule has 2 unspecified atom stereocenters. The smallest absolute Gasteiger partial charge is 0.306 e. The van der Waals surface area contributed by atoms with Gasteiger partial charge in [-0.15, -0.1) is 0 Å². The summed E-state index contributed by atoms with van der Waals surface area (Å²) in [5, 5.41) is 9.05. The van der Waals surface area contributed by atoms with E-state index in [-0.39, 0.29) is 17.7 Å². The van der Waals surface area contributed by atoms with Gasteiger partial charge in [-0.2, -0.15) is 0 Å². The lowest BCUT2D eigenvalue weighted by Crippen LogP contribution is -2.45. The average Bonchev–Trinajstić information content (AvgIpc) is 2.26. The zero-order chi connectivity index (χ0) is 13.1. The van der Waals surface area contributed by atoms with E-state index < -0.39 is 5.97 Å². The summed E-state index contributed by atoms with van der Waals surface area (Å²) in [6.45, 7) is 3.16. The molecule has 2 rings (SSSR count). The fourth-order valence-electron chi connectivity index (χ4n) is 3.01. The van der Waals surface area contributed by atoms with Gasteiger partial charge in [0.2, 0.25) is 5.91 Å². The van der Waals surface area contributed by atoms with Gasteiger partial charge in [0.25, 0.3) is 0 Å². The predicted molar refractivity (Wildman–Crippen MR) is 68.1 cm³/mol. The summed E-state index contributed by atoms with van der Waals surface area (Å²) < 4.78 is 0. The molecule has 0 radical (unpaired) electrons. The quantitative estimate of drug-likeness (QED) is 0.835. The van der Waals surface area contributed by atoms with E-state index in [9.17, 15) is 9.59 Å². The summed E-state index contributed by atoms with van der Waals surface area (Å²) in [4.78, 5) is 24.9. The summed E-state index contributed by atoms with van der Waals surface area (Å²) in [5.41, 5.74) is 0. The van der Waals surface area contributed by atoms with Gasteiger partial charge in [0.15, 0.2) is 0 Å². The van der Waals surface area contributed by atoms with Crippen LogP contribution in [0.4, 0.5) is 0 Å². The van der Waals surface area contributed by atoms with Crippen molar-refractivity contribution in [2.45, 2.75) is 45.4 Å². The van der Waals surface area contributed by atoms with E-state index in [1.165, 1.54) is 19.3 Å². The lowest BCUT2D eigenvalue weighted by Gasteiger charge is -2.35. The molecule has 4 nitrogen and oxygen atoms in total. The van der Waals surface area contributed by atoms with Crippen LogP contribution >= 0.6 is 0 Å². The second-order valence-corrected chi connectivity index (χ2v) is 5.89. The summed E-state index contributed by atoms with van der Waals surface area (Å²) in [6.07, 6.45) is 6.16. The Labute approximate surface area is 108 Å². The molecule has 1 aliphatic heterocycles. The molecular weight excluding hydrogens is 230 g/mol. The van der Waals surface area contributed by atoms with Gasteiger partial charge in [-0.3, -0.25) is 9.59 Å². The number of carboxylic acid groups (broad SMARTS) is 1. The molecule has 1 N–H and O–H groups in total. The Hall–Kier alpha value is -1.06. The summed E-state index contributed by atoms with van der Waals surface area (Å²) >= 11 is 0. The van der Waals surface area contributed by atoms with Gasteiger partial charge in [0, 0.05) is 19.5 Å². The lowest BCUT2D eigenvalue weighted by atomic mass is 9.82. The molecule has 18 heavy (non-hydrogen) atoms. The van der Waals surface area contributed by atoms with Crippen molar-refractivity contribution in [3.63, 3.8) is 0 Å². The highest BCUT2D eigenvalue weighted by atomic mass is 16.4. The number of hydrogen-bond acceptors (Lipinski definition) is 2. The van der Waals surface area contributed by atoms with Crippen molar-refractivity contribution >= 4 is 11.9 Å². The topological polar surface area (TPSA) is 57.6 Å². The Kier molecular flexibility index (Phi) is 4.25. The van der Waals surface area contributed by atoms with Crippen LogP contribution in [-0.4, -0.2) is 35.0 Å². The van der Waals surface area contributed by atoms with Gasteiger partial charge >= 0.3 is 5.97 Å². The molecule has 2 atom stereocenters. The molecule has 1 saturated heterocycles. The van der Waals surface area contributed by atoms with Crippen molar-refractivity contribution in [1.29, 1.82) is 0 Å². The van der Waals surface area contributed by atoms with E-state index in [0.29, 0.717) is 25.9 Å². The number of carbonyl (C=O) groups is 2. The van der Waals surface area contributed by atoms with Gasteiger partial charge in [-0.05, 0) is 24.7 Å². The molecule has 0 aromatic carbocycles. The Balaban J connectivity index is 1.76. The average molecular weight is 253 g/mol. The summed E-state index contributed by atoms with van der Waals surface area (Å²) in [5.74, 6) is 0.0640. The number of piperidine rings is 1. The first-order valence-corrected chi connectivity index (χ1v) is 7.08. The van der Waals surface area contributed by atoms with E-state index >= 15 is 0 Å². The molecule has 1 aliphatic carbocycles. The van der Waals surface area contributed by atoms with Crippen LogP contribution in [0.3, 0.4) is 0 Å². The highest BCUT2D eigenvalue weighted by Gasteiger charge is 2.33. The Morgan fingerprint density at radius 1 is 1.28 bits per heavy atom. The van der Waals surface area contributed by atoms with Crippen molar-refractivity contribution in [3.05, 3.63) is 0 Å². The first-order valence-electron chi connectivity index (χ1n) is 7.08. The number of amides is 1. The van der Waals surface area contributed by atoms with Crippen molar-refractivity contribution in [1.82, 2.24) is 4.90 Å². The Bertz CT molecular complexity index is 325. The fourth-order valence-corrected chi connectivity index (χ4v) is 3.01. The monoisotopic (exact) mass is 253 g/mol. The Morgan fingerprint density at radius 3 is 2.50 bits per heavy atom. The van der Waals surface area contributed by atoms with E-state index in [0.717, 1.165) is 12.3 Å². The predicted octanol–water partition coefficient (Wildman–Crippen LogP) is 2.14. The Morgan fingerprint density at radius 2 is 2.00 bits per heavy atom. The maximum absolute atomic E-state index is 12.0. The first-order chi connectivity index (χ1) is 8.58. The number of carboxylic acids is 1. The molecule has 0 bridgehead atoms. The molecule has 0 aromatic heterocycles. The van der Waals surface area contributed by atoms with Crippen LogP contribution in [0.15, 0.2) is 0 Å². The largest absolute Gasteiger partial charge is 0.481 e. The van der Waals surface area contributed by atoms with Gasteiger partial charge in [-0.1, -0.05) is 26.2 Å². The molecule has 0 spiro atoms. The van der Waals surface area contributed by atoms with Crippen LogP contribution in [0.25, 0.3) is 0 Å². The SMILES string of the molecule is CC1CN(C(=O)CCC2CCC2)CCC1C(=O)O. The van der Waals surface area contributed by atoms with Gasteiger partial charge < -0.3 is 10.0 Å². The second-order valence-electron chi connectivity index (χ2n) is 5.89. The van der Waals surface area contributed by atoms with Crippen LogP contribution in [0.1, 0.15) is 45.4 Å². The van der Waals surface area contributed by atoms with Crippen LogP contribution in [0, 0.1) is 17.8 Å². The highest BCUT2D eigenvalue weighted by molar-refractivity contribution is 5.77. The lowest BCUT2D eigenvalue weighted by molar-refractivity contribution is -0.148. The molecule has 4 heteroatoms. The highest BCUT2D eigenvalue weighted by Crippen LogP contribution is 2.31. The number of aliphatic carboxylic acids is 1. The zero-order valence-corrected chi connectivity index (χ0v) is 11.1. The van der Waals surface area contributed by atoms with E-state index in [2.05, 4.69) is 0 Å². The maximum Gasteiger partial charge on any atom is 0.306 e. The van der Waals surface area contributed by atoms with Crippen molar-refractivity contribution < 1.29 is 14.7 Å². The maximum atomic E-state index is 12.0. The van der Waals surface area contributed by atoms with Crippen molar-refractivity contribution in [3.8, 4) is 0 Å². The number of nitrogens with zero attached hydrogens (tertiary/aromatic N) is 1. The van der Waals surface area contributed by atoms with Crippen LogP contribution in [0.5, 0.6) is 0 Å². The molecule has 2 fully saturated rings. The normalized spacial score (nSPS) is 28.8. The number of rotatable bonds is 4. The molecule has 1 heterocycles. The van der Waals surface area contributed by atoms with Crippen molar-refractivity contribution in [2.24, 2.45) is 17.8 Å². The molecule has 0 aromatic rings. The minimum Gasteiger partial charge on any atom is -0.481 e. The summed E-state index contributed by atoms with van der Waals surface area (Å²) in [7, 11) is 0. The standard InChI is InChI=1S/C14H23NO3/c1-10-9-15(8-7-12(10)14(17)18)13(16)6-5-11-3-2-4-11/h10-12H,2-9H2,1H3,(H,17,18). The second kappa shape index (κ2) is 5.72. The molecule has 1 saturated carbocycles. The molecule has 2 aliphatic rings. The van der Waals surface area contributed by atoms with Crippen LogP contribution in [0.2, 0.25) is 0 Å². The number of carbonyl (C=O) groups excluding carboxylic acids is 1. The summed E-state index contributed by atoms with van der Waals surface area (Å²) in [6, 6.07) is 0. The molecular formula is C14H23NO3. The van der Waals surface area contributed by atoms with E-state index in [1.54, 1.807) is 0 Å². The third-order valence-electron chi connectivity index (χ3n) is 4.57. The van der Waals surface area contributed by atoms with Gasteiger partial charge in [-0.25, -0.2) is 0 Å². The number of hydrogen-bond donors (Lipinski definition) is 1.